The SMILES string of the molecule is Nc1nccc2cc(-c3cccc(Cl)c3)ccc12. The van der Waals surface area contributed by atoms with E-state index in [2.05, 4.69) is 11.1 Å². The zero-order chi connectivity index (χ0) is 12.5. The van der Waals surface area contributed by atoms with Crippen LogP contribution in [0.3, 0.4) is 0 Å². The van der Waals surface area contributed by atoms with Crippen molar-refractivity contribution in [2.75, 3.05) is 5.73 Å². The maximum Gasteiger partial charge on any atom is 0.131 e. The minimum Gasteiger partial charge on any atom is -0.383 e. The van der Waals surface area contributed by atoms with E-state index in [4.69, 9.17) is 17.3 Å². The van der Waals surface area contributed by atoms with E-state index in [0.717, 1.165) is 26.9 Å². The second kappa shape index (κ2) is 4.31. The molecule has 0 aliphatic heterocycles. The van der Waals surface area contributed by atoms with Gasteiger partial charge in [-0.1, -0.05) is 35.9 Å². The third-order valence-electron chi connectivity index (χ3n) is 2.95. The van der Waals surface area contributed by atoms with Gasteiger partial charge in [0.1, 0.15) is 5.82 Å². The van der Waals surface area contributed by atoms with Crippen molar-refractivity contribution in [3.8, 4) is 11.1 Å². The molecule has 0 fully saturated rings. The molecule has 0 atom stereocenters. The molecule has 0 aliphatic carbocycles. The molecule has 0 radical (unpaired) electrons. The fraction of sp³-hybridized carbons (Fsp3) is 0. The van der Waals surface area contributed by atoms with Gasteiger partial charge in [-0.2, -0.15) is 0 Å². The smallest absolute Gasteiger partial charge is 0.131 e. The summed E-state index contributed by atoms with van der Waals surface area (Å²) < 4.78 is 0. The van der Waals surface area contributed by atoms with Crippen molar-refractivity contribution in [1.29, 1.82) is 0 Å². The van der Waals surface area contributed by atoms with Crippen LogP contribution in [0.2, 0.25) is 5.02 Å². The Kier molecular flexibility index (Phi) is 2.65. The zero-order valence-corrected chi connectivity index (χ0v) is 10.4. The van der Waals surface area contributed by atoms with E-state index >= 15 is 0 Å². The molecule has 0 bridgehead atoms. The summed E-state index contributed by atoms with van der Waals surface area (Å²) in [7, 11) is 0. The van der Waals surface area contributed by atoms with Crippen LogP contribution in [0.25, 0.3) is 21.9 Å². The van der Waals surface area contributed by atoms with Gasteiger partial charge in [0, 0.05) is 16.6 Å². The molecule has 1 aromatic heterocycles. The summed E-state index contributed by atoms with van der Waals surface area (Å²) >= 11 is 6.01. The number of hydrogen-bond donors (Lipinski definition) is 1. The molecule has 88 valence electrons. The number of nitrogen functional groups attached to an aromatic ring is 1. The average Bonchev–Trinajstić information content (AvgIpc) is 2.39. The summed E-state index contributed by atoms with van der Waals surface area (Å²) in [6, 6.07) is 15.9. The fourth-order valence-corrected chi connectivity index (χ4v) is 2.24. The molecule has 0 aliphatic rings. The van der Waals surface area contributed by atoms with Gasteiger partial charge in [0.15, 0.2) is 0 Å². The van der Waals surface area contributed by atoms with Crippen molar-refractivity contribution in [3.63, 3.8) is 0 Å². The minimum atomic E-state index is 0.560. The lowest BCUT2D eigenvalue weighted by molar-refractivity contribution is 1.37. The Labute approximate surface area is 110 Å². The molecule has 0 unspecified atom stereocenters. The lowest BCUT2D eigenvalue weighted by Gasteiger charge is -2.05. The predicted molar refractivity (Wildman–Crippen MR) is 76.6 cm³/mol. The first-order chi connectivity index (χ1) is 8.74. The Morgan fingerprint density at radius 3 is 2.61 bits per heavy atom. The fourth-order valence-electron chi connectivity index (χ4n) is 2.05. The van der Waals surface area contributed by atoms with E-state index in [9.17, 15) is 0 Å². The first kappa shape index (κ1) is 11.1. The quantitative estimate of drug-likeness (QED) is 0.709. The molecule has 18 heavy (non-hydrogen) atoms. The van der Waals surface area contributed by atoms with E-state index in [-0.39, 0.29) is 0 Å². The summed E-state index contributed by atoms with van der Waals surface area (Å²) in [5.41, 5.74) is 8.05. The first-order valence-corrected chi connectivity index (χ1v) is 6.02. The highest BCUT2D eigenvalue weighted by atomic mass is 35.5. The summed E-state index contributed by atoms with van der Waals surface area (Å²) in [4.78, 5) is 4.08. The Morgan fingerprint density at radius 1 is 0.944 bits per heavy atom. The molecular formula is C15H11ClN2. The van der Waals surface area contributed by atoms with Crippen LogP contribution in [0, 0.1) is 0 Å². The molecule has 0 saturated heterocycles. The number of nitrogens with two attached hydrogens (primary N) is 1. The van der Waals surface area contributed by atoms with Crippen molar-refractivity contribution >= 4 is 28.2 Å². The van der Waals surface area contributed by atoms with Crippen molar-refractivity contribution in [2.24, 2.45) is 0 Å². The van der Waals surface area contributed by atoms with Crippen molar-refractivity contribution in [2.45, 2.75) is 0 Å². The highest BCUT2D eigenvalue weighted by molar-refractivity contribution is 6.30. The molecule has 0 spiro atoms. The van der Waals surface area contributed by atoms with Crippen LogP contribution in [0.15, 0.2) is 54.7 Å². The lowest BCUT2D eigenvalue weighted by atomic mass is 10.0. The van der Waals surface area contributed by atoms with Crippen LogP contribution in [-0.4, -0.2) is 4.98 Å². The normalized spacial score (nSPS) is 10.7. The summed E-state index contributed by atoms with van der Waals surface area (Å²) in [5.74, 6) is 0.560. The highest BCUT2D eigenvalue weighted by Crippen LogP contribution is 2.27. The molecule has 3 aromatic rings. The number of anilines is 1. The van der Waals surface area contributed by atoms with Gasteiger partial charge in [-0.25, -0.2) is 4.98 Å². The average molecular weight is 255 g/mol. The van der Waals surface area contributed by atoms with Crippen LogP contribution >= 0.6 is 11.6 Å². The number of halogens is 1. The first-order valence-electron chi connectivity index (χ1n) is 5.64. The Balaban J connectivity index is 2.20. The topological polar surface area (TPSA) is 38.9 Å². The van der Waals surface area contributed by atoms with Crippen molar-refractivity contribution in [1.82, 2.24) is 4.98 Å². The minimum absolute atomic E-state index is 0.560. The molecule has 2 N–H and O–H groups in total. The molecule has 0 amide bonds. The Bertz CT molecular complexity index is 723. The number of rotatable bonds is 1. The summed E-state index contributed by atoms with van der Waals surface area (Å²) in [6.07, 6.45) is 1.72. The second-order valence-electron chi connectivity index (χ2n) is 4.14. The van der Waals surface area contributed by atoms with E-state index in [1.807, 2.05) is 42.5 Å². The van der Waals surface area contributed by atoms with Gasteiger partial charge in [0.2, 0.25) is 0 Å². The number of pyridine rings is 1. The number of nitrogens with zero attached hydrogens (tertiary/aromatic N) is 1. The largest absolute Gasteiger partial charge is 0.383 e. The maximum absolute atomic E-state index is 6.01. The second-order valence-corrected chi connectivity index (χ2v) is 4.58. The predicted octanol–water partition coefficient (Wildman–Crippen LogP) is 4.14. The van der Waals surface area contributed by atoms with E-state index in [1.165, 1.54) is 0 Å². The molecule has 2 nitrogen and oxygen atoms in total. The van der Waals surface area contributed by atoms with Gasteiger partial charge < -0.3 is 5.73 Å². The number of fused-ring (bicyclic) bond motifs is 1. The molecule has 1 heterocycles. The van der Waals surface area contributed by atoms with Crippen LogP contribution in [0.1, 0.15) is 0 Å². The van der Waals surface area contributed by atoms with Crippen molar-refractivity contribution in [3.05, 3.63) is 59.8 Å². The molecule has 0 saturated carbocycles. The Hall–Kier alpha value is -2.06. The van der Waals surface area contributed by atoms with Crippen LogP contribution in [0.5, 0.6) is 0 Å². The third kappa shape index (κ3) is 1.91. The summed E-state index contributed by atoms with van der Waals surface area (Å²) in [5, 5.41) is 2.80. The van der Waals surface area contributed by atoms with Crippen LogP contribution in [-0.2, 0) is 0 Å². The van der Waals surface area contributed by atoms with Crippen molar-refractivity contribution < 1.29 is 0 Å². The molecule has 3 rings (SSSR count). The van der Waals surface area contributed by atoms with Gasteiger partial charge in [0.05, 0.1) is 0 Å². The van der Waals surface area contributed by atoms with Gasteiger partial charge >= 0.3 is 0 Å². The highest BCUT2D eigenvalue weighted by Gasteiger charge is 2.02. The third-order valence-corrected chi connectivity index (χ3v) is 3.19. The van der Waals surface area contributed by atoms with Crippen LogP contribution in [0.4, 0.5) is 5.82 Å². The van der Waals surface area contributed by atoms with E-state index in [0.29, 0.717) is 5.82 Å². The van der Waals surface area contributed by atoms with Gasteiger partial charge in [-0.15, -0.1) is 0 Å². The molecule has 2 aromatic carbocycles. The zero-order valence-electron chi connectivity index (χ0n) is 9.60. The molecular weight excluding hydrogens is 244 g/mol. The van der Waals surface area contributed by atoms with E-state index < -0.39 is 0 Å². The maximum atomic E-state index is 6.01. The Morgan fingerprint density at radius 2 is 1.78 bits per heavy atom. The number of aromatic nitrogens is 1. The lowest BCUT2D eigenvalue weighted by Crippen LogP contribution is -1.90. The number of benzene rings is 2. The monoisotopic (exact) mass is 254 g/mol. The van der Waals surface area contributed by atoms with Crippen LogP contribution < -0.4 is 5.73 Å². The van der Waals surface area contributed by atoms with Gasteiger partial charge in [-0.3, -0.25) is 0 Å². The van der Waals surface area contributed by atoms with Gasteiger partial charge in [0.25, 0.3) is 0 Å². The van der Waals surface area contributed by atoms with E-state index in [1.54, 1.807) is 6.20 Å². The summed E-state index contributed by atoms with van der Waals surface area (Å²) in [6.45, 7) is 0. The molecule has 3 heteroatoms. The van der Waals surface area contributed by atoms with Gasteiger partial charge in [-0.05, 0) is 40.8 Å². The standard InChI is InChI=1S/C15H11ClN2/c16-13-3-1-2-10(9-13)11-4-5-14-12(8-11)6-7-18-15(14)17/h1-9H,(H2,17,18). The number of hydrogen-bond acceptors (Lipinski definition) is 2.